The van der Waals surface area contributed by atoms with Crippen molar-refractivity contribution in [1.82, 2.24) is 9.88 Å². The van der Waals surface area contributed by atoms with Crippen LogP contribution in [0.5, 0.6) is 0 Å². The van der Waals surface area contributed by atoms with Gasteiger partial charge in [0.2, 0.25) is 0 Å². The molecule has 0 aliphatic carbocycles. The first-order valence-electron chi connectivity index (χ1n) is 8.25. The Morgan fingerprint density at radius 3 is 2.16 bits per heavy atom. The number of pyridine rings is 1. The molecule has 2 aromatic carbocycles. The summed E-state index contributed by atoms with van der Waals surface area (Å²) in [5.41, 5.74) is 3.58. The Bertz CT molecular complexity index is 787. The molecule has 0 amide bonds. The van der Waals surface area contributed by atoms with Gasteiger partial charge in [0.25, 0.3) is 0 Å². The zero-order valence-electron chi connectivity index (χ0n) is 14.0. The molecule has 132 valence electrons. The molecule has 1 fully saturated rings. The zero-order chi connectivity index (χ0) is 15.5. The third kappa shape index (κ3) is 4.63. The highest BCUT2D eigenvalue weighted by molar-refractivity contribution is 5.85. The van der Waals surface area contributed by atoms with Crippen LogP contribution in [0.15, 0.2) is 66.7 Å². The van der Waals surface area contributed by atoms with Crippen molar-refractivity contribution < 1.29 is 0 Å². The van der Waals surface area contributed by atoms with Gasteiger partial charge >= 0.3 is 0 Å². The lowest BCUT2D eigenvalue weighted by molar-refractivity contribution is 0.247. The zero-order valence-corrected chi connectivity index (χ0v) is 15.7. The van der Waals surface area contributed by atoms with E-state index in [0.717, 1.165) is 43.9 Å². The molecule has 2 heterocycles. The number of fused-ring (bicyclic) bond motifs is 1. The number of halogens is 2. The summed E-state index contributed by atoms with van der Waals surface area (Å²) in [4.78, 5) is 9.75. The first-order valence-corrected chi connectivity index (χ1v) is 8.25. The largest absolute Gasteiger partial charge is 0.369 e. The first-order chi connectivity index (χ1) is 11.4. The SMILES string of the molecule is Cl.Cl.c1ccc(N2CCN(Cc3ccc4ccccc4n3)CC2)cc1. The minimum atomic E-state index is 0. The van der Waals surface area contributed by atoms with Crippen LogP contribution >= 0.6 is 24.8 Å². The summed E-state index contributed by atoms with van der Waals surface area (Å²) in [6.45, 7) is 5.27. The van der Waals surface area contributed by atoms with Gasteiger partial charge in [0.15, 0.2) is 0 Å². The van der Waals surface area contributed by atoms with Crippen LogP contribution in [0.3, 0.4) is 0 Å². The second-order valence-corrected chi connectivity index (χ2v) is 6.09. The van der Waals surface area contributed by atoms with Crippen LogP contribution in [0, 0.1) is 0 Å². The Morgan fingerprint density at radius 2 is 1.40 bits per heavy atom. The lowest BCUT2D eigenvalue weighted by Crippen LogP contribution is -2.46. The molecule has 4 rings (SSSR count). The molecule has 1 saturated heterocycles. The van der Waals surface area contributed by atoms with E-state index in [0.29, 0.717) is 0 Å². The highest BCUT2D eigenvalue weighted by atomic mass is 35.5. The molecule has 3 aromatic rings. The molecule has 5 heteroatoms. The fourth-order valence-corrected chi connectivity index (χ4v) is 3.23. The normalized spacial score (nSPS) is 14.6. The van der Waals surface area contributed by atoms with Gasteiger partial charge in [0.05, 0.1) is 11.2 Å². The standard InChI is InChI=1S/C20H21N3.2ClH/c1-2-7-19(8-3-1)23-14-12-22(13-15-23)16-18-11-10-17-6-4-5-9-20(17)21-18;;/h1-11H,12-16H2;2*1H. The van der Waals surface area contributed by atoms with Crippen LogP contribution in [-0.4, -0.2) is 36.1 Å². The molecule has 0 radical (unpaired) electrons. The maximum atomic E-state index is 4.79. The smallest absolute Gasteiger partial charge is 0.0705 e. The minimum absolute atomic E-state index is 0. The van der Waals surface area contributed by atoms with E-state index >= 15 is 0 Å². The summed E-state index contributed by atoms with van der Waals surface area (Å²) >= 11 is 0. The van der Waals surface area contributed by atoms with Gasteiger partial charge in [0.1, 0.15) is 0 Å². The van der Waals surface area contributed by atoms with E-state index in [1.807, 2.05) is 0 Å². The molecule has 1 aliphatic heterocycles. The summed E-state index contributed by atoms with van der Waals surface area (Å²) in [6, 6.07) is 23.3. The van der Waals surface area contributed by atoms with Crippen molar-refractivity contribution in [3.05, 3.63) is 72.4 Å². The molecule has 3 nitrogen and oxygen atoms in total. The Morgan fingerprint density at radius 1 is 0.720 bits per heavy atom. The van der Waals surface area contributed by atoms with E-state index in [1.54, 1.807) is 0 Å². The second kappa shape index (κ2) is 9.04. The van der Waals surface area contributed by atoms with Crippen molar-refractivity contribution in [2.45, 2.75) is 6.54 Å². The van der Waals surface area contributed by atoms with Crippen molar-refractivity contribution in [3.63, 3.8) is 0 Å². The fourth-order valence-electron chi connectivity index (χ4n) is 3.23. The maximum Gasteiger partial charge on any atom is 0.0705 e. The van der Waals surface area contributed by atoms with Gasteiger partial charge in [-0.15, -0.1) is 24.8 Å². The molecule has 0 atom stereocenters. The fraction of sp³-hybridized carbons (Fsp3) is 0.250. The number of rotatable bonds is 3. The Hall–Kier alpha value is -1.81. The van der Waals surface area contributed by atoms with Crippen molar-refractivity contribution in [2.75, 3.05) is 31.1 Å². The number of piperazine rings is 1. The number of hydrogen-bond donors (Lipinski definition) is 0. The van der Waals surface area contributed by atoms with Gasteiger partial charge in [-0.1, -0.05) is 42.5 Å². The molecular weight excluding hydrogens is 353 g/mol. The topological polar surface area (TPSA) is 19.4 Å². The number of nitrogens with zero attached hydrogens (tertiary/aromatic N) is 3. The summed E-state index contributed by atoms with van der Waals surface area (Å²) in [5, 5.41) is 1.21. The van der Waals surface area contributed by atoms with Crippen molar-refractivity contribution in [1.29, 1.82) is 0 Å². The van der Waals surface area contributed by atoms with Crippen molar-refractivity contribution in [2.24, 2.45) is 0 Å². The van der Waals surface area contributed by atoms with Crippen LogP contribution in [-0.2, 0) is 6.54 Å². The lowest BCUT2D eigenvalue weighted by atomic mass is 10.2. The molecule has 0 spiro atoms. The molecule has 1 aromatic heterocycles. The Labute approximate surface area is 161 Å². The van der Waals surface area contributed by atoms with Gasteiger partial charge in [-0.05, 0) is 24.3 Å². The van der Waals surface area contributed by atoms with Crippen molar-refractivity contribution in [3.8, 4) is 0 Å². The van der Waals surface area contributed by atoms with Crippen LogP contribution in [0.2, 0.25) is 0 Å². The summed E-state index contributed by atoms with van der Waals surface area (Å²) in [6.07, 6.45) is 0. The van der Waals surface area contributed by atoms with Crippen molar-refractivity contribution >= 4 is 41.4 Å². The summed E-state index contributed by atoms with van der Waals surface area (Å²) in [5.74, 6) is 0. The monoisotopic (exact) mass is 375 g/mol. The van der Waals surface area contributed by atoms with Gasteiger partial charge in [-0.25, -0.2) is 0 Å². The second-order valence-electron chi connectivity index (χ2n) is 6.09. The Balaban J connectivity index is 0.00000113. The third-order valence-electron chi connectivity index (χ3n) is 4.54. The molecule has 0 N–H and O–H groups in total. The number of para-hydroxylation sites is 2. The highest BCUT2D eigenvalue weighted by Gasteiger charge is 2.17. The molecule has 1 aliphatic rings. The van der Waals surface area contributed by atoms with E-state index in [1.165, 1.54) is 11.1 Å². The van der Waals surface area contributed by atoms with E-state index in [4.69, 9.17) is 4.98 Å². The van der Waals surface area contributed by atoms with Gasteiger partial charge in [-0.3, -0.25) is 9.88 Å². The first kappa shape index (κ1) is 19.5. The van der Waals surface area contributed by atoms with Gasteiger partial charge < -0.3 is 4.90 Å². The third-order valence-corrected chi connectivity index (χ3v) is 4.54. The Kier molecular flexibility index (Phi) is 7.06. The number of anilines is 1. The number of benzene rings is 2. The predicted molar refractivity (Wildman–Crippen MR) is 110 cm³/mol. The minimum Gasteiger partial charge on any atom is -0.369 e. The van der Waals surface area contributed by atoms with E-state index in [2.05, 4.69) is 76.5 Å². The van der Waals surface area contributed by atoms with E-state index < -0.39 is 0 Å². The van der Waals surface area contributed by atoms with Gasteiger partial charge in [-0.2, -0.15) is 0 Å². The van der Waals surface area contributed by atoms with Crippen LogP contribution < -0.4 is 4.90 Å². The molecular formula is C20H23Cl2N3. The van der Waals surface area contributed by atoms with E-state index in [-0.39, 0.29) is 24.8 Å². The molecule has 0 bridgehead atoms. The summed E-state index contributed by atoms with van der Waals surface area (Å²) < 4.78 is 0. The van der Waals surface area contributed by atoms with E-state index in [9.17, 15) is 0 Å². The average molecular weight is 376 g/mol. The van der Waals surface area contributed by atoms with Crippen LogP contribution in [0.4, 0.5) is 5.69 Å². The quantitative estimate of drug-likeness (QED) is 0.676. The number of hydrogen-bond acceptors (Lipinski definition) is 3. The highest BCUT2D eigenvalue weighted by Crippen LogP contribution is 2.17. The number of aromatic nitrogens is 1. The van der Waals surface area contributed by atoms with Crippen LogP contribution in [0.25, 0.3) is 10.9 Å². The summed E-state index contributed by atoms with van der Waals surface area (Å²) in [7, 11) is 0. The van der Waals surface area contributed by atoms with Crippen LogP contribution in [0.1, 0.15) is 5.69 Å². The maximum absolute atomic E-state index is 4.79. The predicted octanol–water partition coefficient (Wildman–Crippen LogP) is 4.40. The molecule has 0 unspecified atom stereocenters. The molecule has 25 heavy (non-hydrogen) atoms. The average Bonchev–Trinajstić information content (AvgIpc) is 2.63. The molecule has 0 saturated carbocycles. The lowest BCUT2D eigenvalue weighted by Gasteiger charge is -2.36. The van der Waals surface area contributed by atoms with Gasteiger partial charge in [0, 0.05) is 43.8 Å².